The Kier molecular flexibility index (Phi) is 5.16. The van der Waals surface area contributed by atoms with Crippen molar-refractivity contribution in [1.82, 2.24) is 19.7 Å². The maximum absolute atomic E-state index is 12.8. The summed E-state index contributed by atoms with van der Waals surface area (Å²) in [4.78, 5) is 28.1. The summed E-state index contributed by atoms with van der Waals surface area (Å²) in [7, 11) is 1.49. The predicted molar refractivity (Wildman–Crippen MR) is 92.7 cm³/mol. The van der Waals surface area contributed by atoms with E-state index in [1.807, 2.05) is 0 Å². The Hall–Kier alpha value is -3.63. The highest BCUT2D eigenvalue weighted by Crippen LogP contribution is 2.27. The third-order valence-electron chi connectivity index (χ3n) is 3.74. The summed E-state index contributed by atoms with van der Waals surface area (Å²) in [6.07, 6.45) is -3.71. The van der Waals surface area contributed by atoms with Gasteiger partial charge < -0.3 is 9.30 Å². The standard InChI is InChI=1S/C17H14F3N5O3/c1-28-12-7-3-2-5-10(12)14-22-16(24-23-14)21-13(26)9-25-8-4-6-11(15(25)27)17(18,19)20/h2-8H,9H2,1H3,(H2,21,22,23,24,26). The van der Waals surface area contributed by atoms with Crippen LogP contribution in [-0.4, -0.2) is 32.8 Å². The van der Waals surface area contributed by atoms with Gasteiger partial charge in [0.1, 0.15) is 17.9 Å². The predicted octanol–water partition coefficient (Wildman–Crippen LogP) is 2.30. The second-order valence-electron chi connectivity index (χ2n) is 5.61. The van der Waals surface area contributed by atoms with E-state index in [-0.39, 0.29) is 5.95 Å². The normalized spacial score (nSPS) is 11.3. The summed E-state index contributed by atoms with van der Waals surface area (Å²) >= 11 is 0. The fraction of sp³-hybridized carbons (Fsp3) is 0.176. The summed E-state index contributed by atoms with van der Waals surface area (Å²) in [6.45, 7) is -0.624. The number of carbonyl (C=O) groups is 1. The molecule has 28 heavy (non-hydrogen) atoms. The monoisotopic (exact) mass is 393 g/mol. The van der Waals surface area contributed by atoms with E-state index in [1.165, 1.54) is 7.11 Å². The first-order chi connectivity index (χ1) is 13.3. The van der Waals surface area contributed by atoms with Crippen LogP contribution in [0.25, 0.3) is 11.4 Å². The number of para-hydroxylation sites is 1. The summed E-state index contributed by atoms with van der Waals surface area (Å²) in [5.74, 6) is 0.00830. The molecule has 2 aromatic heterocycles. The molecule has 8 nitrogen and oxygen atoms in total. The van der Waals surface area contributed by atoms with E-state index in [2.05, 4.69) is 20.5 Å². The molecule has 3 aromatic rings. The average molecular weight is 393 g/mol. The van der Waals surface area contributed by atoms with Crippen molar-refractivity contribution >= 4 is 11.9 Å². The van der Waals surface area contributed by atoms with Crippen LogP contribution in [0.4, 0.5) is 19.1 Å². The molecule has 11 heteroatoms. The lowest BCUT2D eigenvalue weighted by atomic mass is 10.2. The van der Waals surface area contributed by atoms with Crippen molar-refractivity contribution in [3.05, 3.63) is 58.5 Å². The van der Waals surface area contributed by atoms with Gasteiger partial charge in [0.05, 0.1) is 12.7 Å². The Morgan fingerprint density at radius 2 is 2.00 bits per heavy atom. The molecule has 1 amide bonds. The third-order valence-corrected chi connectivity index (χ3v) is 3.74. The fourth-order valence-corrected chi connectivity index (χ4v) is 2.47. The molecule has 0 saturated carbocycles. The minimum Gasteiger partial charge on any atom is -0.496 e. The number of halogens is 3. The number of benzene rings is 1. The van der Waals surface area contributed by atoms with E-state index in [0.29, 0.717) is 27.8 Å². The molecule has 2 heterocycles. The first-order valence-corrected chi connectivity index (χ1v) is 7.92. The SMILES string of the molecule is COc1ccccc1-c1nc(NC(=O)Cn2cccc(C(F)(F)F)c2=O)n[nH]1. The number of alkyl halides is 3. The van der Waals surface area contributed by atoms with Crippen LogP contribution in [0.5, 0.6) is 5.75 Å². The van der Waals surface area contributed by atoms with E-state index >= 15 is 0 Å². The Bertz CT molecular complexity index is 1060. The number of amides is 1. The second kappa shape index (κ2) is 7.55. The highest BCUT2D eigenvalue weighted by atomic mass is 19.4. The van der Waals surface area contributed by atoms with Gasteiger partial charge in [-0.05, 0) is 24.3 Å². The number of hydrogen-bond donors (Lipinski definition) is 2. The summed E-state index contributed by atoms with van der Waals surface area (Å²) in [6, 6.07) is 8.69. The Morgan fingerprint density at radius 3 is 2.71 bits per heavy atom. The van der Waals surface area contributed by atoms with Gasteiger partial charge in [-0.15, -0.1) is 5.10 Å². The molecule has 2 N–H and O–H groups in total. The van der Waals surface area contributed by atoms with Crippen LogP contribution < -0.4 is 15.6 Å². The van der Waals surface area contributed by atoms with Crippen LogP contribution in [0, 0.1) is 0 Å². The fourth-order valence-electron chi connectivity index (χ4n) is 2.47. The molecule has 1 aromatic carbocycles. The van der Waals surface area contributed by atoms with Crippen LogP contribution in [0.3, 0.4) is 0 Å². The van der Waals surface area contributed by atoms with Crippen LogP contribution in [0.1, 0.15) is 5.56 Å². The number of rotatable bonds is 5. The van der Waals surface area contributed by atoms with E-state index in [1.54, 1.807) is 24.3 Å². The zero-order valence-electron chi connectivity index (χ0n) is 14.4. The number of carbonyl (C=O) groups excluding carboxylic acids is 1. The average Bonchev–Trinajstić information content (AvgIpc) is 3.10. The maximum Gasteiger partial charge on any atom is 0.421 e. The van der Waals surface area contributed by atoms with Crippen molar-refractivity contribution in [2.24, 2.45) is 0 Å². The van der Waals surface area contributed by atoms with Crippen molar-refractivity contribution in [3.63, 3.8) is 0 Å². The van der Waals surface area contributed by atoms with Gasteiger partial charge in [0.15, 0.2) is 5.82 Å². The zero-order valence-corrected chi connectivity index (χ0v) is 14.4. The number of pyridine rings is 1. The number of aromatic amines is 1. The molecule has 0 unspecified atom stereocenters. The first kappa shape index (κ1) is 19.1. The molecule has 0 spiro atoms. The lowest BCUT2D eigenvalue weighted by molar-refractivity contribution is -0.139. The van der Waals surface area contributed by atoms with Crippen LogP contribution in [0.15, 0.2) is 47.4 Å². The molecule has 0 aliphatic rings. The van der Waals surface area contributed by atoms with Crippen LogP contribution >= 0.6 is 0 Å². The van der Waals surface area contributed by atoms with Crippen LogP contribution in [-0.2, 0) is 17.5 Å². The Morgan fingerprint density at radius 1 is 1.25 bits per heavy atom. The summed E-state index contributed by atoms with van der Waals surface area (Å²) in [5.41, 5.74) is -2.05. The van der Waals surface area contributed by atoms with Crippen molar-refractivity contribution in [1.29, 1.82) is 0 Å². The van der Waals surface area contributed by atoms with E-state index in [0.717, 1.165) is 12.3 Å². The lowest BCUT2D eigenvalue weighted by Gasteiger charge is -2.09. The van der Waals surface area contributed by atoms with Crippen LogP contribution in [0.2, 0.25) is 0 Å². The number of ether oxygens (including phenoxy) is 1. The quantitative estimate of drug-likeness (QED) is 0.693. The maximum atomic E-state index is 12.8. The molecular weight excluding hydrogens is 379 g/mol. The molecule has 0 bridgehead atoms. The van der Waals surface area contributed by atoms with Crippen molar-refractivity contribution in [2.45, 2.75) is 12.7 Å². The molecule has 0 aliphatic carbocycles. The Balaban J connectivity index is 1.75. The second-order valence-corrected chi connectivity index (χ2v) is 5.61. The number of H-pyrrole nitrogens is 1. The number of aromatic nitrogens is 4. The summed E-state index contributed by atoms with van der Waals surface area (Å²) < 4.78 is 44.2. The van der Waals surface area contributed by atoms with E-state index < -0.39 is 29.8 Å². The minimum atomic E-state index is -4.80. The molecule has 0 fully saturated rings. The molecule has 3 rings (SSSR count). The Labute approximate surface area is 156 Å². The van der Waals surface area contributed by atoms with Gasteiger partial charge in [-0.3, -0.25) is 20.0 Å². The highest BCUT2D eigenvalue weighted by Gasteiger charge is 2.34. The largest absolute Gasteiger partial charge is 0.496 e. The molecular formula is C17H14F3N5O3. The molecule has 146 valence electrons. The number of anilines is 1. The van der Waals surface area contributed by atoms with Crippen molar-refractivity contribution in [2.75, 3.05) is 12.4 Å². The molecule has 0 aliphatic heterocycles. The zero-order chi connectivity index (χ0) is 20.3. The lowest BCUT2D eigenvalue weighted by Crippen LogP contribution is -2.32. The minimum absolute atomic E-state index is 0.0917. The molecule has 0 saturated heterocycles. The van der Waals surface area contributed by atoms with E-state index in [4.69, 9.17) is 4.74 Å². The van der Waals surface area contributed by atoms with Gasteiger partial charge in [-0.25, -0.2) is 0 Å². The van der Waals surface area contributed by atoms with Gasteiger partial charge in [0, 0.05) is 6.20 Å². The smallest absolute Gasteiger partial charge is 0.421 e. The van der Waals surface area contributed by atoms with Gasteiger partial charge in [-0.2, -0.15) is 18.2 Å². The number of nitrogens with one attached hydrogen (secondary N) is 2. The van der Waals surface area contributed by atoms with Gasteiger partial charge >= 0.3 is 6.18 Å². The highest BCUT2D eigenvalue weighted by molar-refractivity contribution is 5.89. The third kappa shape index (κ3) is 4.03. The van der Waals surface area contributed by atoms with Gasteiger partial charge in [0.25, 0.3) is 5.56 Å². The molecule has 0 atom stereocenters. The van der Waals surface area contributed by atoms with Crippen molar-refractivity contribution in [3.8, 4) is 17.1 Å². The summed E-state index contributed by atoms with van der Waals surface area (Å²) in [5, 5.41) is 8.80. The van der Waals surface area contributed by atoms with E-state index in [9.17, 15) is 22.8 Å². The molecule has 0 radical (unpaired) electrons. The first-order valence-electron chi connectivity index (χ1n) is 7.92. The van der Waals surface area contributed by atoms with Gasteiger partial charge in [-0.1, -0.05) is 12.1 Å². The topological polar surface area (TPSA) is 102 Å². The number of hydrogen-bond acceptors (Lipinski definition) is 5. The van der Waals surface area contributed by atoms with Crippen molar-refractivity contribution < 1.29 is 22.7 Å². The van der Waals surface area contributed by atoms with Gasteiger partial charge in [0.2, 0.25) is 11.9 Å². The number of nitrogens with zero attached hydrogens (tertiary/aromatic N) is 3. The number of methoxy groups -OCH3 is 1.